The molecule has 1 aliphatic rings. The molecule has 0 saturated carbocycles. The Morgan fingerprint density at radius 1 is 1.70 bits per heavy atom. The third-order valence-electron chi connectivity index (χ3n) is 1.92. The Morgan fingerprint density at radius 3 is 2.80 bits per heavy atom. The van der Waals surface area contributed by atoms with E-state index in [9.17, 15) is 5.11 Å². The molecule has 1 aliphatic carbocycles. The fourth-order valence-electron chi connectivity index (χ4n) is 1.20. The van der Waals surface area contributed by atoms with Gasteiger partial charge in [0.2, 0.25) is 0 Å². The summed E-state index contributed by atoms with van der Waals surface area (Å²) in [6.45, 7) is 3.94. The second-order valence-electron chi connectivity index (χ2n) is 3.01. The van der Waals surface area contributed by atoms with Gasteiger partial charge in [-0.1, -0.05) is 23.8 Å². The highest BCUT2D eigenvalue weighted by atomic mass is 16.3. The van der Waals surface area contributed by atoms with Gasteiger partial charge in [0, 0.05) is 5.92 Å². The van der Waals surface area contributed by atoms with Gasteiger partial charge in [-0.3, -0.25) is 0 Å². The number of hydrogen-bond acceptors (Lipinski definition) is 1. The first-order valence-electron chi connectivity index (χ1n) is 3.72. The fourth-order valence-corrected chi connectivity index (χ4v) is 1.20. The molecule has 0 bridgehead atoms. The van der Waals surface area contributed by atoms with Crippen LogP contribution in [0.3, 0.4) is 0 Å². The van der Waals surface area contributed by atoms with Gasteiger partial charge in [-0.05, 0) is 20.3 Å². The lowest BCUT2D eigenvalue weighted by molar-refractivity contribution is 0.148. The zero-order valence-corrected chi connectivity index (χ0v) is 6.54. The van der Waals surface area contributed by atoms with Crippen molar-refractivity contribution in [2.24, 2.45) is 5.92 Å². The second kappa shape index (κ2) is 3.02. The van der Waals surface area contributed by atoms with Crippen molar-refractivity contribution in [3.63, 3.8) is 0 Å². The minimum absolute atomic E-state index is 0.208. The molecular formula is C9H14O. The molecule has 10 heavy (non-hydrogen) atoms. The molecule has 1 nitrogen and oxygen atoms in total. The summed E-state index contributed by atoms with van der Waals surface area (Å²) in [5.74, 6) is 0.338. The van der Waals surface area contributed by atoms with Crippen LogP contribution in [-0.4, -0.2) is 11.2 Å². The molecule has 2 atom stereocenters. The summed E-state index contributed by atoms with van der Waals surface area (Å²) in [6, 6.07) is 0. The lowest BCUT2D eigenvalue weighted by Gasteiger charge is -2.18. The second-order valence-corrected chi connectivity index (χ2v) is 3.01. The highest BCUT2D eigenvalue weighted by Gasteiger charge is 2.13. The minimum Gasteiger partial charge on any atom is -0.393 e. The topological polar surface area (TPSA) is 20.2 Å². The number of aliphatic hydroxyl groups is 1. The van der Waals surface area contributed by atoms with Crippen LogP contribution in [-0.2, 0) is 0 Å². The lowest BCUT2D eigenvalue weighted by atomic mass is 9.91. The van der Waals surface area contributed by atoms with Crippen LogP contribution in [0.2, 0.25) is 0 Å². The highest BCUT2D eigenvalue weighted by molar-refractivity contribution is 5.18. The maximum Gasteiger partial charge on any atom is 0.0577 e. The molecule has 0 spiro atoms. The molecule has 0 heterocycles. The van der Waals surface area contributed by atoms with Gasteiger partial charge in [0.05, 0.1) is 6.10 Å². The lowest BCUT2D eigenvalue weighted by Crippen LogP contribution is -2.15. The van der Waals surface area contributed by atoms with Crippen molar-refractivity contribution < 1.29 is 5.11 Å². The number of rotatable bonds is 1. The highest BCUT2D eigenvalue weighted by Crippen LogP contribution is 2.20. The largest absolute Gasteiger partial charge is 0.393 e. The monoisotopic (exact) mass is 138 g/mol. The molecule has 56 valence electrons. The average Bonchev–Trinajstić information content (AvgIpc) is 1.88. The molecule has 1 heteroatoms. The van der Waals surface area contributed by atoms with E-state index >= 15 is 0 Å². The third kappa shape index (κ3) is 1.71. The number of allylic oxidation sites excluding steroid dienone is 3. The molecule has 0 saturated heterocycles. The van der Waals surface area contributed by atoms with Gasteiger partial charge in [-0.25, -0.2) is 0 Å². The maximum absolute atomic E-state index is 9.22. The zero-order valence-electron chi connectivity index (χ0n) is 6.54. The van der Waals surface area contributed by atoms with Crippen molar-refractivity contribution in [1.29, 1.82) is 0 Å². The van der Waals surface area contributed by atoms with Crippen molar-refractivity contribution in [2.75, 3.05) is 0 Å². The van der Waals surface area contributed by atoms with Gasteiger partial charge in [0.15, 0.2) is 0 Å². The molecular weight excluding hydrogens is 124 g/mol. The van der Waals surface area contributed by atoms with Crippen LogP contribution in [0.5, 0.6) is 0 Å². The van der Waals surface area contributed by atoms with E-state index in [4.69, 9.17) is 0 Å². The van der Waals surface area contributed by atoms with E-state index in [0.29, 0.717) is 5.92 Å². The van der Waals surface area contributed by atoms with Gasteiger partial charge in [-0.15, -0.1) is 0 Å². The van der Waals surface area contributed by atoms with Gasteiger partial charge in [-0.2, -0.15) is 0 Å². The summed E-state index contributed by atoms with van der Waals surface area (Å²) in [5, 5.41) is 9.22. The molecule has 0 aromatic carbocycles. The van der Waals surface area contributed by atoms with Crippen molar-refractivity contribution in [3.05, 3.63) is 23.8 Å². The molecule has 0 aliphatic heterocycles. The fraction of sp³-hybridized carbons (Fsp3) is 0.556. The van der Waals surface area contributed by atoms with Gasteiger partial charge >= 0.3 is 0 Å². The quantitative estimate of drug-likeness (QED) is 0.586. The summed E-state index contributed by atoms with van der Waals surface area (Å²) < 4.78 is 0. The summed E-state index contributed by atoms with van der Waals surface area (Å²) in [7, 11) is 0. The normalized spacial score (nSPS) is 27.9. The van der Waals surface area contributed by atoms with Crippen molar-refractivity contribution in [2.45, 2.75) is 26.4 Å². The van der Waals surface area contributed by atoms with Crippen LogP contribution in [0, 0.1) is 5.92 Å². The van der Waals surface area contributed by atoms with Crippen LogP contribution in [0.1, 0.15) is 20.3 Å². The number of hydrogen-bond donors (Lipinski definition) is 1. The zero-order chi connectivity index (χ0) is 7.56. The molecule has 1 unspecified atom stereocenters. The Hall–Kier alpha value is -0.560. The van der Waals surface area contributed by atoms with E-state index in [-0.39, 0.29) is 6.10 Å². The maximum atomic E-state index is 9.22. The first kappa shape index (κ1) is 7.55. The van der Waals surface area contributed by atoms with E-state index in [1.54, 1.807) is 0 Å². The summed E-state index contributed by atoms with van der Waals surface area (Å²) in [6.07, 6.45) is 6.99. The van der Waals surface area contributed by atoms with E-state index < -0.39 is 0 Å². The van der Waals surface area contributed by atoms with Gasteiger partial charge in [0.25, 0.3) is 0 Å². The van der Waals surface area contributed by atoms with Gasteiger partial charge < -0.3 is 5.11 Å². The predicted molar refractivity (Wildman–Crippen MR) is 42.7 cm³/mol. The Morgan fingerprint density at radius 2 is 2.40 bits per heavy atom. The van der Waals surface area contributed by atoms with Crippen molar-refractivity contribution >= 4 is 0 Å². The van der Waals surface area contributed by atoms with E-state index in [0.717, 1.165) is 6.42 Å². The first-order valence-corrected chi connectivity index (χ1v) is 3.72. The average molecular weight is 138 g/mol. The van der Waals surface area contributed by atoms with Crippen LogP contribution >= 0.6 is 0 Å². The van der Waals surface area contributed by atoms with Gasteiger partial charge in [0.1, 0.15) is 0 Å². The Labute approximate surface area is 62.1 Å². The van der Waals surface area contributed by atoms with E-state index in [1.807, 2.05) is 13.0 Å². The molecule has 0 radical (unpaired) electrons. The Kier molecular flexibility index (Phi) is 2.28. The van der Waals surface area contributed by atoms with Crippen molar-refractivity contribution in [1.82, 2.24) is 0 Å². The smallest absolute Gasteiger partial charge is 0.0577 e. The SMILES string of the molecule is CC1=CC=C[C@@H](C(C)O)C1. The Balaban J connectivity index is 2.55. The van der Waals surface area contributed by atoms with Crippen LogP contribution in [0.25, 0.3) is 0 Å². The molecule has 0 aromatic rings. The van der Waals surface area contributed by atoms with Crippen molar-refractivity contribution in [3.8, 4) is 0 Å². The first-order chi connectivity index (χ1) is 4.70. The summed E-state index contributed by atoms with van der Waals surface area (Å²) in [4.78, 5) is 0. The standard InChI is InChI=1S/C9H14O/c1-7-4-3-5-9(6-7)8(2)10/h3-5,8-10H,6H2,1-2H3/t8?,9-/m1/s1. The minimum atomic E-state index is -0.208. The summed E-state index contributed by atoms with van der Waals surface area (Å²) in [5.41, 5.74) is 1.36. The molecule has 0 amide bonds. The van der Waals surface area contributed by atoms with Crippen LogP contribution in [0.4, 0.5) is 0 Å². The molecule has 1 rings (SSSR count). The molecule has 0 aromatic heterocycles. The molecule has 1 N–H and O–H groups in total. The predicted octanol–water partition coefficient (Wildman–Crippen LogP) is 1.89. The molecule has 0 fully saturated rings. The summed E-state index contributed by atoms with van der Waals surface area (Å²) >= 11 is 0. The van der Waals surface area contributed by atoms with Crippen LogP contribution in [0.15, 0.2) is 23.8 Å². The number of aliphatic hydroxyl groups excluding tert-OH is 1. The Bertz CT molecular complexity index is 166. The van der Waals surface area contributed by atoms with E-state index in [1.165, 1.54) is 5.57 Å². The third-order valence-corrected chi connectivity index (χ3v) is 1.92. The van der Waals surface area contributed by atoms with Crippen LogP contribution < -0.4 is 0 Å². The van der Waals surface area contributed by atoms with E-state index in [2.05, 4.69) is 19.1 Å².